The van der Waals surface area contributed by atoms with Crippen LogP contribution < -0.4 is 10.2 Å². The monoisotopic (exact) mass is 340 g/mol. The summed E-state index contributed by atoms with van der Waals surface area (Å²) in [5, 5.41) is 3.29. The summed E-state index contributed by atoms with van der Waals surface area (Å²) in [5.41, 5.74) is 3.18. The lowest BCUT2D eigenvalue weighted by Gasteiger charge is -2.18. The standard InChI is InChI=1S/C19H17ClN2O2/c20-16-4-2-1-3-15(16)18(23)21-14-8-7-12-9-10-22(17(12)11-14)19(24)13-5-6-13/h1-4,7-8,11,13H,5-6,9-10H2,(H,21,23). The van der Waals surface area contributed by atoms with Crippen LogP contribution in [0.1, 0.15) is 28.8 Å². The highest BCUT2D eigenvalue weighted by atomic mass is 35.5. The molecule has 2 aromatic rings. The van der Waals surface area contributed by atoms with Gasteiger partial charge in [0.25, 0.3) is 5.91 Å². The Morgan fingerprint density at radius 2 is 1.92 bits per heavy atom. The van der Waals surface area contributed by atoms with Crippen molar-refractivity contribution in [3.63, 3.8) is 0 Å². The van der Waals surface area contributed by atoms with Gasteiger partial charge in [0.05, 0.1) is 10.6 Å². The zero-order chi connectivity index (χ0) is 16.7. The topological polar surface area (TPSA) is 49.4 Å². The molecule has 2 aromatic carbocycles. The highest BCUT2D eigenvalue weighted by Gasteiger charge is 2.36. The molecule has 122 valence electrons. The first-order valence-corrected chi connectivity index (χ1v) is 8.51. The molecular weight excluding hydrogens is 324 g/mol. The molecule has 4 nitrogen and oxygen atoms in total. The minimum Gasteiger partial charge on any atom is -0.322 e. The second-order valence-electron chi connectivity index (χ2n) is 6.29. The van der Waals surface area contributed by atoms with Crippen molar-refractivity contribution in [2.24, 2.45) is 5.92 Å². The number of nitrogens with zero attached hydrogens (tertiary/aromatic N) is 1. The van der Waals surface area contributed by atoms with Gasteiger partial charge in [-0.2, -0.15) is 0 Å². The third kappa shape index (κ3) is 2.78. The molecule has 1 aliphatic carbocycles. The van der Waals surface area contributed by atoms with E-state index < -0.39 is 0 Å². The Labute approximate surface area is 145 Å². The molecule has 4 rings (SSSR count). The molecule has 1 fully saturated rings. The SMILES string of the molecule is O=C(Nc1ccc2c(c1)N(C(=O)C1CC1)CC2)c1ccccc1Cl. The van der Waals surface area contributed by atoms with Gasteiger partial charge in [-0.15, -0.1) is 0 Å². The number of carbonyl (C=O) groups excluding carboxylic acids is 2. The maximum absolute atomic E-state index is 12.4. The first kappa shape index (κ1) is 15.2. The van der Waals surface area contributed by atoms with Crippen molar-refractivity contribution in [2.45, 2.75) is 19.3 Å². The van der Waals surface area contributed by atoms with Crippen LogP contribution in [0.15, 0.2) is 42.5 Å². The van der Waals surface area contributed by atoms with Crippen LogP contribution in [0, 0.1) is 5.92 Å². The van der Waals surface area contributed by atoms with Gasteiger partial charge in [0, 0.05) is 23.8 Å². The summed E-state index contributed by atoms with van der Waals surface area (Å²) in [6.45, 7) is 0.729. The van der Waals surface area contributed by atoms with Crippen molar-refractivity contribution in [3.05, 3.63) is 58.6 Å². The summed E-state index contributed by atoms with van der Waals surface area (Å²) in [4.78, 5) is 26.6. The largest absolute Gasteiger partial charge is 0.322 e. The maximum Gasteiger partial charge on any atom is 0.257 e. The lowest BCUT2D eigenvalue weighted by Crippen LogP contribution is -2.30. The Kier molecular flexibility index (Phi) is 3.77. The molecule has 1 aliphatic heterocycles. The van der Waals surface area contributed by atoms with Gasteiger partial charge in [-0.25, -0.2) is 0 Å². The summed E-state index contributed by atoms with van der Waals surface area (Å²) >= 11 is 6.07. The molecule has 0 atom stereocenters. The van der Waals surface area contributed by atoms with E-state index in [-0.39, 0.29) is 17.7 Å². The van der Waals surface area contributed by atoms with Crippen molar-refractivity contribution in [2.75, 3.05) is 16.8 Å². The third-order valence-corrected chi connectivity index (χ3v) is 4.88. The number of nitrogens with one attached hydrogen (secondary N) is 1. The zero-order valence-corrected chi connectivity index (χ0v) is 13.8. The van der Waals surface area contributed by atoms with Gasteiger partial charge in [-0.05, 0) is 49.1 Å². The van der Waals surface area contributed by atoms with Crippen molar-refractivity contribution < 1.29 is 9.59 Å². The van der Waals surface area contributed by atoms with Gasteiger partial charge in [0.2, 0.25) is 5.91 Å². The van der Waals surface area contributed by atoms with Crippen LogP contribution in [0.5, 0.6) is 0 Å². The van der Waals surface area contributed by atoms with Gasteiger partial charge in [0.15, 0.2) is 0 Å². The van der Waals surface area contributed by atoms with Crippen LogP contribution in [0.3, 0.4) is 0 Å². The first-order valence-electron chi connectivity index (χ1n) is 8.13. The maximum atomic E-state index is 12.4. The number of hydrogen-bond acceptors (Lipinski definition) is 2. The number of amides is 2. The molecule has 0 bridgehead atoms. The van der Waals surface area contributed by atoms with Gasteiger partial charge < -0.3 is 10.2 Å². The lowest BCUT2D eigenvalue weighted by molar-refractivity contribution is -0.119. The number of anilines is 2. The summed E-state index contributed by atoms with van der Waals surface area (Å²) in [7, 11) is 0. The van der Waals surface area contributed by atoms with Crippen LogP contribution in [0.4, 0.5) is 11.4 Å². The molecule has 2 amide bonds. The number of fused-ring (bicyclic) bond motifs is 1. The molecule has 24 heavy (non-hydrogen) atoms. The molecule has 1 heterocycles. The minimum absolute atomic E-state index is 0.192. The normalized spacial score (nSPS) is 16.0. The second-order valence-corrected chi connectivity index (χ2v) is 6.70. The molecule has 2 aliphatic rings. The quantitative estimate of drug-likeness (QED) is 0.921. The predicted octanol–water partition coefficient (Wildman–Crippen LogP) is 3.89. The molecule has 0 unspecified atom stereocenters. The Bertz CT molecular complexity index is 830. The van der Waals surface area contributed by atoms with E-state index in [1.807, 2.05) is 23.1 Å². The van der Waals surface area contributed by atoms with E-state index in [2.05, 4.69) is 5.32 Å². The Morgan fingerprint density at radius 1 is 1.12 bits per heavy atom. The van der Waals surface area contributed by atoms with E-state index in [1.165, 1.54) is 0 Å². The molecule has 1 N–H and O–H groups in total. The molecule has 5 heteroatoms. The minimum atomic E-state index is -0.251. The van der Waals surface area contributed by atoms with Crippen LogP contribution in [-0.4, -0.2) is 18.4 Å². The molecule has 0 spiro atoms. The van der Waals surface area contributed by atoms with Crippen molar-refractivity contribution in [1.82, 2.24) is 0 Å². The van der Waals surface area contributed by atoms with E-state index in [1.54, 1.807) is 24.3 Å². The number of hydrogen-bond donors (Lipinski definition) is 1. The summed E-state index contributed by atoms with van der Waals surface area (Å²) in [5.74, 6) is 0.152. The second kappa shape index (κ2) is 5.95. The zero-order valence-electron chi connectivity index (χ0n) is 13.1. The number of halogens is 1. The van der Waals surface area contributed by atoms with Crippen LogP contribution >= 0.6 is 11.6 Å². The molecule has 0 aromatic heterocycles. The average Bonchev–Trinajstić information content (AvgIpc) is 3.34. The number of rotatable bonds is 3. The number of benzene rings is 2. The van der Waals surface area contributed by atoms with E-state index >= 15 is 0 Å². The van der Waals surface area contributed by atoms with Gasteiger partial charge in [-0.1, -0.05) is 29.8 Å². The first-order chi connectivity index (χ1) is 11.6. The number of carbonyl (C=O) groups is 2. The van der Waals surface area contributed by atoms with Crippen molar-refractivity contribution >= 4 is 34.8 Å². The van der Waals surface area contributed by atoms with Gasteiger partial charge >= 0.3 is 0 Å². The molecule has 1 saturated carbocycles. The smallest absolute Gasteiger partial charge is 0.257 e. The third-order valence-electron chi connectivity index (χ3n) is 4.55. The van der Waals surface area contributed by atoms with E-state index in [4.69, 9.17) is 11.6 Å². The van der Waals surface area contributed by atoms with Crippen molar-refractivity contribution in [3.8, 4) is 0 Å². The van der Waals surface area contributed by atoms with E-state index in [0.717, 1.165) is 37.1 Å². The van der Waals surface area contributed by atoms with Gasteiger partial charge in [-0.3, -0.25) is 9.59 Å². The fourth-order valence-corrected chi connectivity index (χ4v) is 3.30. The average molecular weight is 341 g/mol. The Hall–Kier alpha value is -2.33. The molecule has 0 radical (unpaired) electrons. The summed E-state index contributed by atoms with van der Waals surface area (Å²) < 4.78 is 0. The van der Waals surface area contributed by atoms with E-state index in [0.29, 0.717) is 16.3 Å². The molecule has 0 saturated heterocycles. The summed E-state index contributed by atoms with van der Waals surface area (Å²) in [6, 6.07) is 12.7. The fourth-order valence-electron chi connectivity index (χ4n) is 3.08. The highest BCUT2D eigenvalue weighted by Crippen LogP contribution is 2.37. The van der Waals surface area contributed by atoms with Crippen LogP contribution in [-0.2, 0) is 11.2 Å². The fraction of sp³-hybridized carbons (Fsp3) is 0.263. The van der Waals surface area contributed by atoms with Crippen molar-refractivity contribution in [1.29, 1.82) is 0 Å². The predicted molar refractivity (Wildman–Crippen MR) is 94.6 cm³/mol. The van der Waals surface area contributed by atoms with Crippen LogP contribution in [0.2, 0.25) is 5.02 Å². The Morgan fingerprint density at radius 3 is 2.67 bits per heavy atom. The Balaban J connectivity index is 1.57. The highest BCUT2D eigenvalue weighted by molar-refractivity contribution is 6.34. The summed E-state index contributed by atoms with van der Waals surface area (Å²) in [6.07, 6.45) is 2.85. The van der Waals surface area contributed by atoms with Gasteiger partial charge in [0.1, 0.15) is 0 Å². The van der Waals surface area contributed by atoms with E-state index in [9.17, 15) is 9.59 Å². The van der Waals surface area contributed by atoms with Crippen LogP contribution in [0.25, 0.3) is 0 Å². The molecular formula is C19H17ClN2O2. The lowest BCUT2D eigenvalue weighted by atomic mass is 10.1.